The molecule has 6 heteroatoms. The van der Waals surface area contributed by atoms with E-state index in [0.29, 0.717) is 18.8 Å². The molecule has 0 fully saturated rings. The molecule has 0 bridgehead atoms. The van der Waals surface area contributed by atoms with Gasteiger partial charge in [-0.1, -0.05) is 6.07 Å². The van der Waals surface area contributed by atoms with Crippen LogP contribution in [0.3, 0.4) is 0 Å². The van der Waals surface area contributed by atoms with E-state index in [4.69, 9.17) is 14.2 Å². The highest BCUT2D eigenvalue weighted by Gasteiger charge is 2.15. The van der Waals surface area contributed by atoms with Crippen LogP contribution in [-0.4, -0.2) is 42.4 Å². The maximum Gasteiger partial charge on any atom is 0.337 e. The van der Waals surface area contributed by atoms with Crippen molar-refractivity contribution in [2.24, 2.45) is 7.05 Å². The number of nitrogens with zero attached hydrogens (tertiary/aromatic N) is 2. The van der Waals surface area contributed by atoms with Gasteiger partial charge in [-0.05, 0) is 32.4 Å². The fourth-order valence-corrected chi connectivity index (χ4v) is 2.60. The lowest BCUT2D eigenvalue weighted by Gasteiger charge is -2.16. The molecule has 0 aliphatic heterocycles. The van der Waals surface area contributed by atoms with Gasteiger partial charge >= 0.3 is 5.97 Å². The Morgan fingerprint density at radius 2 is 1.96 bits per heavy atom. The first-order valence-corrected chi connectivity index (χ1v) is 7.87. The van der Waals surface area contributed by atoms with Crippen LogP contribution in [-0.2, 0) is 27.7 Å². The molecule has 0 N–H and O–H groups in total. The normalized spacial score (nSPS) is 11.3. The van der Waals surface area contributed by atoms with E-state index < -0.39 is 0 Å². The largest absolute Gasteiger partial charge is 0.465 e. The Bertz CT molecular complexity index is 660. The zero-order valence-electron chi connectivity index (χ0n) is 14.2. The summed E-state index contributed by atoms with van der Waals surface area (Å²) in [5, 5.41) is 5.60. The summed E-state index contributed by atoms with van der Waals surface area (Å²) >= 11 is 0. The molecule has 0 aliphatic carbocycles. The molecular formula is C17H24N2O4. The summed E-state index contributed by atoms with van der Waals surface area (Å²) in [6, 6.07) is 5.49. The molecule has 0 amide bonds. The minimum atomic E-state index is -0.345. The van der Waals surface area contributed by atoms with Crippen LogP contribution >= 0.6 is 0 Å². The Hall–Kier alpha value is -1.92. The monoisotopic (exact) mass is 320 g/mol. The van der Waals surface area contributed by atoms with Gasteiger partial charge in [0, 0.05) is 32.1 Å². The molecule has 2 aromatic rings. The van der Waals surface area contributed by atoms with Gasteiger partial charge < -0.3 is 14.2 Å². The van der Waals surface area contributed by atoms with Crippen LogP contribution in [0, 0.1) is 0 Å². The Balaban J connectivity index is 2.20. The van der Waals surface area contributed by atoms with Gasteiger partial charge in [-0.25, -0.2) is 4.79 Å². The van der Waals surface area contributed by atoms with Gasteiger partial charge in [-0.3, -0.25) is 4.68 Å². The third-order valence-corrected chi connectivity index (χ3v) is 3.67. The minimum absolute atomic E-state index is 0.212. The van der Waals surface area contributed by atoms with Crippen LogP contribution < -0.4 is 0 Å². The van der Waals surface area contributed by atoms with Gasteiger partial charge in [-0.2, -0.15) is 5.10 Å². The molecule has 6 nitrogen and oxygen atoms in total. The zero-order valence-corrected chi connectivity index (χ0v) is 14.2. The Labute approximate surface area is 136 Å². The molecule has 0 atom stereocenters. The molecule has 0 saturated heterocycles. The third kappa shape index (κ3) is 4.09. The molecule has 1 heterocycles. The van der Waals surface area contributed by atoms with Crippen molar-refractivity contribution < 1.29 is 19.0 Å². The van der Waals surface area contributed by atoms with E-state index in [1.807, 2.05) is 27.0 Å². The number of carbonyl (C=O) groups is 1. The summed E-state index contributed by atoms with van der Waals surface area (Å²) in [6.07, 6.45) is 1.28. The van der Waals surface area contributed by atoms with E-state index >= 15 is 0 Å². The SMILES string of the molecule is CCOC(CCc1nn(C)c2cc(C(=O)OC)ccc12)OCC. The first-order chi connectivity index (χ1) is 11.1. The topological polar surface area (TPSA) is 62.6 Å². The minimum Gasteiger partial charge on any atom is -0.465 e. The van der Waals surface area contributed by atoms with Crippen LogP contribution in [0.1, 0.15) is 36.3 Å². The van der Waals surface area contributed by atoms with Gasteiger partial charge in [0.05, 0.1) is 23.9 Å². The van der Waals surface area contributed by atoms with E-state index in [2.05, 4.69) is 5.10 Å². The van der Waals surface area contributed by atoms with E-state index in [1.54, 1.807) is 16.8 Å². The van der Waals surface area contributed by atoms with Gasteiger partial charge in [0.15, 0.2) is 6.29 Å². The first-order valence-electron chi connectivity index (χ1n) is 7.87. The number of ether oxygens (including phenoxy) is 3. The lowest BCUT2D eigenvalue weighted by Crippen LogP contribution is -2.18. The number of hydrogen-bond acceptors (Lipinski definition) is 5. The number of carbonyl (C=O) groups excluding carboxylic acids is 1. The highest BCUT2D eigenvalue weighted by atomic mass is 16.7. The van der Waals surface area contributed by atoms with E-state index in [0.717, 1.165) is 29.4 Å². The molecule has 1 aromatic heterocycles. The van der Waals surface area contributed by atoms with E-state index in [9.17, 15) is 4.79 Å². The van der Waals surface area contributed by atoms with Gasteiger partial charge in [0.2, 0.25) is 0 Å². The number of methoxy groups -OCH3 is 1. The van der Waals surface area contributed by atoms with Crippen molar-refractivity contribution >= 4 is 16.9 Å². The fourth-order valence-electron chi connectivity index (χ4n) is 2.60. The summed E-state index contributed by atoms with van der Waals surface area (Å²) in [5.74, 6) is -0.345. The number of rotatable bonds is 8. The average molecular weight is 320 g/mol. The lowest BCUT2D eigenvalue weighted by molar-refractivity contribution is -0.139. The summed E-state index contributed by atoms with van der Waals surface area (Å²) in [6.45, 7) is 5.15. The van der Waals surface area contributed by atoms with Crippen LogP contribution in [0.15, 0.2) is 18.2 Å². The van der Waals surface area contributed by atoms with Gasteiger partial charge in [0.1, 0.15) is 0 Å². The summed E-state index contributed by atoms with van der Waals surface area (Å²) in [4.78, 5) is 11.6. The predicted octanol–water partition coefficient (Wildman–Crippen LogP) is 2.69. The van der Waals surface area contributed by atoms with Crippen molar-refractivity contribution in [3.8, 4) is 0 Å². The number of aryl methyl sites for hydroxylation is 2. The van der Waals surface area contributed by atoms with Crippen LogP contribution in [0.4, 0.5) is 0 Å². The second kappa shape index (κ2) is 8.08. The molecule has 126 valence electrons. The van der Waals surface area contributed by atoms with Crippen LogP contribution in [0.5, 0.6) is 0 Å². The van der Waals surface area contributed by atoms with Crippen molar-refractivity contribution in [2.75, 3.05) is 20.3 Å². The maximum absolute atomic E-state index is 11.6. The molecule has 0 aliphatic rings. The molecule has 0 unspecified atom stereocenters. The van der Waals surface area contributed by atoms with Crippen LogP contribution in [0.25, 0.3) is 10.9 Å². The summed E-state index contributed by atoms with van der Waals surface area (Å²) in [5.41, 5.74) is 2.41. The quantitative estimate of drug-likeness (QED) is 0.553. The van der Waals surface area contributed by atoms with Gasteiger partial charge in [-0.15, -0.1) is 0 Å². The summed E-state index contributed by atoms with van der Waals surface area (Å²) in [7, 11) is 3.25. The number of fused-ring (bicyclic) bond motifs is 1. The van der Waals surface area contributed by atoms with E-state index in [-0.39, 0.29) is 12.3 Å². The lowest BCUT2D eigenvalue weighted by atomic mass is 10.1. The molecule has 2 rings (SSSR count). The number of aromatic nitrogens is 2. The standard InChI is InChI=1S/C17H24N2O4/c1-5-22-16(23-6-2)10-9-14-13-8-7-12(17(20)21-4)11-15(13)19(3)18-14/h7-8,11,16H,5-6,9-10H2,1-4H3. The Kier molecular flexibility index (Phi) is 6.12. The number of benzene rings is 1. The highest BCUT2D eigenvalue weighted by molar-refractivity contribution is 5.95. The number of esters is 1. The summed E-state index contributed by atoms with van der Waals surface area (Å²) < 4.78 is 17.7. The van der Waals surface area contributed by atoms with Crippen molar-refractivity contribution in [1.29, 1.82) is 0 Å². The van der Waals surface area contributed by atoms with Crippen LogP contribution in [0.2, 0.25) is 0 Å². The molecule has 0 saturated carbocycles. The third-order valence-electron chi connectivity index (χ3n) is 3.67. The zero-order chi connectivity index (χ0) is 16.8. The molecule has 1 aromatic carbocycles. The highest BCUT2D eigenvalue weighted by Crippen LogP contribution is 2.22. The molecule has 0 spiro atoms. The van der Waals surface area contributed by atoms with Gasteiger partial charge in [0.25, 0.3) is 0 Å². The van der Waals surface area contributed by atoms with Crippen molar-refractivity contribution in [3.63, 3.8) is 0 Å². The molecule has 0 radical (unpaired) electrons. The van der Waals surface area contributed by atoms with Crippen molar-refractivity contribution in [3.05, 3.63) is 29.5 Å². The number of hydrogen-bond donors (Lipinski definition) is 0. The molecular weight excluding hydrogens is 296 g/mol. The first kappa shape index (κ1) is 17.4. The molecule has 23 heavy (non-hydrogen) atoms. The predicted molar refractivity (Wildman–Crippen MR) is 87.4 cm³/mol. The smallest absolute Gasteiger partial charge is 0.337 e. The Morgan fingerprint density at radius 1 is 1.26 bits per heavy atom. The van der Waals surface area contributed by atoms with Crippen molar-refractivity contribution in [1.82, 2.24) is 9.78 Å². The van der Waals surface area contributed by atoms with Crippen molar-refractivity contribution in [2.45, 2.75) is 33.0 Å². The Morgan fingerprint density at radius 3 is 2.57 bits per heavy atom. The maximum atomic E-state index is 11.6. The van der Waals surface area contributed by atoms with E-state index in [1.165, 1.54) is 7.11 Å². The fraction of sp³-hybridized carbons (Fsp3) is 0.529. The second-order valence-corrected chi connectivity index (χ2v) is 5.17. The average Bonchev–Trinajstić information content (AvgIpc) is 2.88. The second-order valence-electron chi connectivity index (χ2n) is 5.17.